The van der Waals surface area contributed by atoms with Gasteiger partial charge in [-0.1, -0.05) is 30.3 Å². The van der Waals surface area contributed by atoms with Crippen LogP contribution in [0.3, 0.4) is 0 Å². The number of nitrogens with zero attached hydrogens (tertiary/aromatic N) is 3. The van der Waals surface area contributed by atoms with Crippen LogP contribution in [0.25, 0.3) is 0 Å². The molecule has 1 aromatic carbocycles. The molecule has 2 N–H and O–H groups in total. The highest BCUT2D eigenvalue weighted by atomic mass is 16.3. The maximum atomic E-state index is 9.15. The van der Waals surface area contributed by atoms with Gasteiger partial charge in [0.25, 0.3) is 0 Å². The molecule has 5 nitrogen and oxygen atoms in total. The van der Waals surface area contributed by atoms with Crippen molar-refractivity contribution in [3.05, 3.63) is 35.9 Å². The van der Waals surface area contributed by atoms with Crippen LogP contribution in [0.4, 0.5) is 0 Å². The van der Waals surface area contributed by atoms with Crippen molar-refractivity contribution >= 4 is 5.84 Å². The van der Waals surface area contributed by atoms with E-state index in [0.717, 1.165) is 25.9 Å². The Bertz CT molecular complexity index is 494. The number of piperidine rings is 1. The van der Waals surface area contributed by atoms with E-state index in [1.54, 1.807) is 0 Å². The molecule has 1 aromatic rings. The number of aliphatic hydroxyl groups excluding tert-OH is 1. The molecule has 0 radical (unpaired) electrons. The van der Waals surface area contributed by atoms with Crippen molar-refractivity contribution in [2.75, 3.05) is 19.7 Å². The Morgan fingerprint density at radius 2 is 1.95 bits per heavy atom. The third-order valence-electron chi connectivity index (χ3n) is 4.11. The number of hydrogen-bond acceptors (Lipinski definition) is 5. The summed E-state index contributed by atoms with van der Waals surface area (Å²) >= 11 is 0. The Morgan fingerprint density at radius 1 is 1.20 bits per heavy atom. The zero-order valence-corrected chi connectivity index (χ0v) is 11.4. The molecule has 0 bridgehead atoms. The average molecular weight is 272 g/mol. The van der Waals surface area contributed by atoms with Gasteiger partial charge in [-0.3, -0.25) is 0 Å². The largest absolute Gasteiger partial charge is 0.388 e. The van der Waals surface area contributed by atoms with Crippen molar-refractivity contribution in [3.8, 4) is 0 Å². The first-order chi connectivity index (χ1) is 9.88. The van der Waals surface area contributed by atoms with Gasteiger partial charge in [-0.05, 0) is 37.4 Å². The number of hydrogen-bond donors (Lipinski definition) is 2. The summed E-state index contributed by atoms with van der Waals surface area (Å²) in [5, 5.41) is 20.8. The predicted octanol–water partition coefficient (Wildman–Crippen LogP) is 1.95. The maximum absolute atomic E-state index is 9.15. The van der Waals surface area contributed by atoms with E-state index >= 15 is 0 Å². The minimum atomic E-state index is -0.178. The lowest BCUT2D eigenvalue weighted by molar-refractivity contribution is 0.291. The molecular weight excluding hydrogens is 252 g/mol. The number of nitrogens with one attached hydrogen (secondary N) is 1. The monoisotopic (exact) mass is 272 g/mol. The molecule has 1 saturated heterocycles. The number of aliphatic imine (C=N–C) groups is 1. The standard InChI is InChI=1S/C15H20N4O/c20-10-13-17-15(19-18-13)14(11-4-2-1-3-5-11)12-6-8-16-9-7-12/h1-5,12,14-16,20H,6-10H2. The van der Waals surface area contributed by atoms with E-state index in [-0.39, 0.29) is 18.7 Å². The molecule has 0 aromatic heterocycles. The minimum Gasteiger partial charge on any atom is -0.388 e. The fourth-order valence-corrected chi connectivity index (χ4v) is 3.12. The van der Waals surface area contributed by atoms with E-state index in [0.29, 0.717) is 11.8 Å². The summed E-state index contributed by atoms with van der Waals surface area (Å²) in [7, 11) is 0. The third-order valence-corrected chi connectivity index (χ3v) is 4.11. The van der Waals surface area contributed by atoms with Gasteiger partial charge < -0.3 is 10.4 Å². The van der Waals surface area contributed by atoms with Gasteiger partial charge in [-0.25, -0.2) is 4.99 Å². The van der Waals surface area contributed by atoms with Crippen LogP contribution in [0, 0.1) is 5.92 Å². The van der Waals surface area contributed by atoms with Gasteiger partial charge in [0.15, 0.2) is 12.0 Å². The van der Waals surface area contributed by atoms with Crippen molar-refractivity contribution in [2.24, 2.45) is 21.1 Å². The van der Waals surface area contributed by atoms with E-state index in [1.165, 1.54) is 5.56 Å². The Morgan fingerprint density at radius 3 is 2.60 bits per heavy atom. The molecule has 0 amide bonds. The SMILES string of the molecule is OCC1=NC(C(c2ccccc2)C2CCNCC2)N=N1. The van der Waals surface area contributed by atoms with Gasteiger partial charge in [-0.15, -0.1) is 5.11 Å². The highest BCUT2D eigenvalue weighted by Gasteiger charge is 2.33. The van der Waals surface area contributed by atoms with Gasteiger partial charge in [-0.2, -0.15) is 5.11 Å². The van der Waals surface area contributed by atoms with Gasteiger partial charge >= 0.3 is 0 Å². The van der Waals surface area contributed by atoms with Crippen molar-refractivity contribution < 1.29 is 5.11 Å². The molecule has 2 atom stereocenters. The Hall–Kier alpha value is -1.59. The molecule has 2 aliphatic heterocycles. The fourth-order valence-electron chi connectivity index (χ4n) is 3.12. The molecule has 3 rings (SSSR count). The second-order valence-electron chi connectivity index (χ2n) is 5.36. The molecule has 2 heterocycles. The number of benzene rings is 1. The van der Waals surface area contributed by atoms with Crippen LogP contribution in [0.2, 0.25) is 0 Å². The van der Waals surface area contributed by atoms with Crippen molar-refractivity contribution in [1.29, 1.82) is 0 Å². The van der Waals surface area contributed by atoms with E-state index < -0.39 is 0 Å². The Balaban J connectivity index is 1.88. The van der Waals surface area contributed by atoms with Crippen LogP contribution in [0.15, 0.2) is 45.6 Å². The van der Waals surface area contributed by atoms with Crippen molar-refractivity contribution in [3.63, 3.8) is 0 Å². The summed E-state index contributed by atoms with van der Waals surface area (Å²) in [4.78, 5) is 4.47. The van der Waals surface area contributed by atoms with Crippen molar-refractivity contribution in [2.45, 2.75) is 24.9 Å². The van der Waals surface area contributed by atoms with E-state index in [1.807, 2.05) is 6.07 Å². The summed E-state index contributed by atoms with van der Waals surface area (Å²) in [6.45, 7) is 1.97. The van der Waals surface area contributed by atoms with Gasteiger partial charge in [0.2, 0.25) is 0 Å². The molecule has 0 aliphatic carbocycles. The van der Waals surface area contributed by atoms with Gasteiger partial charge in [0, 0.05) is 5.92 Å². The van der Waals surface area contributed by atoms with Crippen LogP contribution in [-0.4, -0.2) is 36.8 Å². The summed E-state index contributed by atoms with van der Waals surface area (Å²) in [5.41, 5.74) is 1.27. The number of rotatable bonds is 4. The first-order valence-electron chi connectivity index (χ1n) is 7.22. The summed E-state index contributed by atoms with van der Waals surface area (Å²) in [6.07, 6.45) is 2.09. The van der Waals surface area contributed by atoms with Crippen LogP contribution in [0.5, 0.6) is 0 Å². The number of amidine groups is 1. The zero-order valence-electron chi connectivity index (χ0n) is 11.4. The van der Waals surface area contributed by atoms with Crippen LogP contribution in [0.1, 0.15) is 24.3 Å². The summed E-state index contributed by atoms with van der Waals surface area (Å²) < 4.78 is 0. The summed E-state index contributed by atoms with van der Waals surface area (Å²) in [6, 6.07) is 10.4. The molecule has 2 aliphatic rings. The molecule has 106 valence electrons. The van der Waals surface area contributed by atoms with E-state index in [2.05, 4.69) is 44.8 Å². The van der Waals surface area contributed by atoms with Crippen LogP contribution in [-0.2, 0) is 0 Å². The molecule has 5 heteroatoms. The smallest absolute Gasteiger partial charge is 0.173 e. The Labute approximate surface area is 118 Å². The second kappa shape index (κ2) is 6.24. The lowest BCUT2D eigenvalue weighted by Gasteiger charge is -2.32. The molecule has 20 heavy (non-hydrogen) atoms. The fraction of sp³-hybridized carbons (Fsp3) is 0.533. The molecule has 1 fully saturated rings. The quantitative estimate of drug-likeness (QED) is 0.879. The zero-order chi connectivity index (χ0) is 13.8. The first kappa shape index (κ1) is 13.4. The molecular formula is C15H20N4O. The lowest BCUT2D eigenvalue weighted by atomic mass is 9.79. The predicted molar refractivity (Wildman–Crippen MR) is 77.9 cm³/mol. The highest BCUT2D eigenvalue weighted by molar-refractivity contribution is 5.84. The van der Waals surface area contributed by atoms with Gasteiger partial charge in [0.1, 0.15) is 6.61 Å². The average Bonchev–Trinajstić information content (AvgIpc) is 2.98. The third kappa shape index (κ3) is 2.78. The molecule has 0 saturated carbocycles. The highest BCUT2D eigenvalue weighted by Crippen LogP contribution is 2.37. The number of azo groups is 1. The second-order valence-corrected chi connectivity index (χ2v) is 5.36. The summed E-state index contributed by atoms with van der Waals surface area (Å²) in [5.74, 6) is 1.26. The Kier molecular flexibility index (Phi) is 4.18. The molecule has 2 unspecified atom stereocenters. The maximum Gasteiger partial charge on any atom is 0.173 e. The van der Waals surface area contributed by atoms with E-state index in [4.69, 9.17) is 5.11 Å². The molecule has 0 spiro atoms. The van der Waals surface area contributed by atoms with Crippen LogP contribution < -0.4 is 5.32 Å². The van der Waals surface area contributed by atoms with E-state index in [9.17, 15) is 0 Å². The number of aliphatic hydroxyl groups is 1. The minimum absolute atomic E-state index is 0.131. The topological polar surface area (TPSA) is 69.3 Å². The van der Waals surface area contributed by atoms with Crippen molar-refractivity contribution in [1.82, 2.24) is 5.32 Å². The van der Waals surface area contributed by atoms with Gasteiger partial charge in [0.05, 0.1) is 0 Å². The van der Waals surface area contributed by atoms with Crippen LogP contribution >= 0.6 is 0 Å². The lowest BCUT2D eigenvalue weighted by Crippen LogP contribution is -2.34. The normalized spacial score (nSPS) is 24.6. The first-order valence-corrected chi connectivity index (χ1v) is 7.22.